The average molecular weight is 260 g/mol. The van der Waals surface area contributed by atoms with Crippen LogP contribution in [0.3, 0.4) is 0 Å². The van der Waals surface area contributed by atoms with Gasteiger partial charge < -0.3 is 4.74 Å². The maximum Gasteiger partial charge on any atom is 0.162 e. The minimum atomic E-state index is 0.259. The highest BCUT2D eigenvalue weighted by Crippen LogP contribution is 2.26. The number of rotatable bonds is 9. The smallest absolute Gasteiger partial charge is 0.162 e. The first-order valence-corrected chi connectivity index (χ1v) is 7.59. The SMILES string of the molecule is CCCCCCCC(=O)c1ccc(OC2CC2)cc1. The Morgan fingerprint density at radius 2 is 1.79 bits per heavy atom. The lowest BCUT2D eigenvalue weighted by atomic mass is 10.0. The normalized spacial score (nSPS) is 14.4. The highest BCUT2D eigenvalue weighted by Gasteiger charge is 2.23. The number of benzene rings is 1. The van der Waals surface area contributed by atoms with Crippen LogP contribution < -0.4 is 4.74 Å². The van der Waals surface area contributed by atoms with Crippen molar-refractivity contribution in [2.24, 2.45) is 0 Å². The number of hydrogen-bond donors (Lipinski definition) is 0. The third-order valence-electron chi connectivity index (χ3n) is 3.51. The van der Waals surface area contributed by atoms with Crippen LogP contribution in [0.5, 0.6) is 5.75 Å². The molecule has 0 aliphatic heterocycles. The summed E-state index contributed by atoms with van der Waals surface area (Å²) in [5.41, 5.74) is 0.818. The lowest BCUT2D eigenvalue weighted by Crippen LogP contribution is -2.00. The van der Waals surface area contributed by atoms with Crippen LogP contribution >= 0.6 is 0 Å². The summed E-state index contributed by atoms with van der Waals surface area (Å²) >= 11 is 0. The topological polar surface area (TPSA) is 26.3 Å². The Morgan fingerprint density at radius 1 is 1.11 bits per heavy atom. The van der Waals surface area contributed by atoms with E-state index in [1.807, 2.05) is 24.3 Å². The number of ketones is 1. The fourth-order valence-corrected chi connectivity index (χ4v) is 2.13. The molecule has 0 spiro atoms. The molecule has 2 rings (SSSR count). The predicted octanol–water partition coefficient (Wildman–Crippen LogP) is 4.77. The van der Waals surface area contributed by atoms with E-state index >= 15 is 0 Å². The lowest BCUT2D eigenvalue weighted by molar-refractivity contribution is 0.0979. The summed E-state index contributed by atoms with van der Waals surface area (Å²) in [5, 5.41) is 0. The molecule has 0 saturated heterocycles. The number of Topliss-reactive ketones (excluding diaryl/α,β-unsaturated/α-hetero) is 1. The van der Waals surface area contributed by atoms with Crippen molar-refractivity contribution in [1.82, 2.24) is 0 Å². The largest absolute Gasteiger partial charge is 0.490 e. The second kappa shape index (κ2) is 7.32. The minimum Gasteiger partial charge on any atom is -0.490 e. The molecule has 2 nitrogen and oxygen atoms in total. The van der Waals surface area contributed by atoms with Gasteiger partial charge in [0.15, 0.2) is 5.78 Å². The molecule has 2 heteroatoms. The van der Waals surface area contributed by atoms with Gasteiger partial charge in [-0.1, -0.05) is 32.6 Å². The number of ether oxygens (including phenoxy) is 1. The summed E-state index contributed by atoms with van der Waals surface area (Å²) in [4.78, 5) is 12.0. The van der Waals surface area contributed by atoms with Gasteiger partial charge in [-0.2, -0.15) is 0 Å². The Morgan fingerprint density at radius 3 is 2.42 bits per heavy atom. The highest BCUT2D eigenvalue weighted by molar-refractivity contribution is 5.96. The van der Waals surface area contributed by atoms with Crippen LogP contribution in [0.4, 0.5) is 0 Å². The zero-order valence-electron chi connectivity index (χ0n) is 11.9. The fourth-order valence-electron chi connectivity index (χ4n) is 2.13. The van der Waals surface area contributed by atoms with Gasteiger partial charge in [0, 0.05) is 12.0 Å². The molecule has 0 heterocycles. The van der Waals surface area contributed by atoms with E-state index in [-0.39, 0.29) is 5.78 Å². The van der Waals surface area contributed by atoms with E-state index in [2.05, 4.69) is 6.92 Å². The van der Waals surface area contributed by atoms with Crippen molar-refractivity contribution in [3.8, 4) is 5.75 Å². The fraction of sp³-hybridized carbons (Fsp3) is 0.588. The highest BCUT2D eigenvalue weighted by atomic mass is 16.5. The molecule has 1 aliphatic rings. The first-order chi connectivity index (χ1) is 9.29. The molecule has 1 saturated carbocycles. The minimum absolute atomic E-state index is 0.259. The summed E-state index contributed by atoms with van der Waals surface area (Å²) in [6, 6.07) is 7.63. The predicted molar refractivity (Wildman–Crippen MR) is 77.8 cm³/mol. The Bertz CT molecular complexity index is 390. The molecule has 0 bridgehead atoms. The molecule has 0 unspecified atom stereocenters. The molecule has 1 aromatic carbocycles. The van der Waals surface area contributed by atoms with E-state index in [9.17, 15) is 4.79 Å². The summed E-state index contributed by atoms with van der Waals surface area (Å²) in [6.07, 6.45) is 9.38. The monoisotopic (exact) mass is 260 g/mol. The maximum absolute atomic E-state index is 12.0. The van der Waals surface area contributed by atoms with Gasteiger partial charge in [0.2, 0.25) is 0 Å². The van der Waals surface area contributed by atoms with Gasteiger partial charge in [-0.05, 0) is 43.5 Å². The van der Waals surface area contributed by atoms with Crippen LogP contribution in [0, 0.1) is 0 Å². The Balaban J connectivity index is 1.72. The zero-order valence-corrected chi connectivity index (χ0v) is 11.9. The van der Waals surface area contributed by atoms with Crippen LogP contribution in [-0.2, 0) is 0 Å². The summed E-state index contributed by atoms with van der Waals surface area (Å²) in [6.45, 7) is 2.20. The first kappa shape index (κ1) is 14.1. The quantitative estimate of drug-likeness (QED) is 0.472. The van der Waals surface area contributed by atoms with Crippen LogP contribution in [-0.4, -0.2) is 11.9 Å². The molecule has 1 aliphatic carbocycles. The number of hydrogen-bond acceptors (Lipinski definition) is 2. The van der Waals surface area contributed by atoms with Crippen molar-refractivity contribution in [3.05, 3.63) is 29.8 Å². The van der Waals surface area contributed by atoms with Gasteiger partial charge in [-0.3, -0.25) is 4.79 Å². The average Bonchev–Trinajstić information content (AvgIpc) is 3.23. The van der Waals surface area contributed by atoms with E-state index in [1.165, 1.54) is 38.5 Å². The summed E-state index contributed by atoms with van der Waals surface area (Å²) in [7, 11) is 0. The van der Waals surface area contributed by atoms with Crippen molar-refractivity contribution in [1.29, 1.82) is 0 Å². The maximum atomic E-state index is 12.0. The number of carbonyl (C=O) groups excluding carboxylic acids is 1. The van der Waals surface area contributed by atoms with Crippen LogP contribution in [0.2, 0.25) is 0 Å². The van der Waals surface area contributed by atoms with Crippen molar-refractivity contribution in [3.63, 3.8) is 0 Å². The molecule has 0 radical (unpaired) electrons. The number of carbonyl (C=O) groups is 1. The summed E-state index contributed by atoms with van der Waals surface area (Å²) in [5.74, 6) is 1.15. The van der Waals surface area contributed by atoms with Crippen LogP contribution in [0.1, 0.15) is 68.6 Å². The molecule has 0 aromatic heterocycles. The van der Waals surface area contributed by atoms with Gasteiger partial charge in [-0.15, -0.1) is 0 Å². The van der Waals surface area contributed by atoms with Crippen molar-refractivity contribution < 1.29 is 9.53 Å². The van der Waals surface area contributed by atoms with E-state index in [4.69, 9.17) is 4.74 Å². The van der Waals surface area contributed by atoms with Crippen LogP contribution in [0.15, 0.2) is 24.3 Å². The lowest BCUT2D eigenvalue weighted by Gasteiger charge is -2.05. The van der Waals surface area contributed by atoms with E-state index in [0.717, 1.165) is 17.7 Å². The Labute approximate surface area is 116 Å². The van der Waals surface area contributed by atoms with Crippen LogP contribution in [0.25, 0.3) is 0 Å². The van der Waals surface area contributed by atoms with Gasteiger partial charge in [0.25, 0.3) is 0 Å². The molecular formula is C17H24O2. The summed E-state index contributed by atoms with van der Waals surface area (Å²) < 4.78 is 5.67. The Kier molecular flexibility index (Phi) is 5.44. The van der Waals surface area contributed by atoms with E-state index in [1.54, 1.807) is 0 Å². The van der Waals surface area contributed by atoms with Crippen molar-refractivity contribution in [2.45, 2.75) is 64.4 Å². The van der Waals surface area contributed by atoms with Crippen molar-refractivity contribution in [2.75, 3.05) is 0 Å². The molecule has 104 valence electrons. The van der Waals surface area contributed by atoms with Gasteiger partial charge >= 0.3 is 0 Å². The van der Waals surface area contributed by atoms with Gasteiger partial charge in [0.05, 0.1) is 6.10 Å². The third kappa shape index (κ3) is 5.06. The standard InChI is InChI=1S/C17H24O2/c1-2-3-4-5-6-7-17(18)14-8-10-15(11-9-14)19-16-12-13-16/h8-11,16H,2-7,12-13H2,1H3. The second-order valence-corrected chi connectivity index (χ2v) is 5.43. The molecule has 1 aromatic rings. The van der Waals surface area contributed by atoms with Crippen molar-refractivity contribution >= 4 is 5.78 Å². The molecular weight excluding hydrogens is 236 g/mol. The number of unbranched alkanes of at least 4 members (excludes halogenated alkanes) is 4. The third-order valence-corrected chi connectivity index (χ3v) is 3.51. The van der Waals surface area contributed by atoms with Gasteiger partial charge in [0.1, 0.15) is 5.75 Å². The van der Waals surface area contributed by atoms with Gasteiger partial charge in [-0.25, -0.2) is 0 Å². The molecule has 19 heavy (non-hydrogen) atoms. The van der Waals surface area contributed by atoms with E-state index in [0.29, 0.717) is 12.5 Å². The molecule has 0 N–H and O–H groups in total. The Hall–Kier alpha value is -1.31. The molecule has 1 fully saturated rings. The molecule has 0 atom stereocenters. The second-order valence-electron chi connectivity index (χ2n) is 5.43. The van der Waals surface area contributed by atoms with E-state index < -0.39 is 0 Å². The molecule has 0 amide bonds. The zero-order chi connectivity index (χ0) is 13.5. The first-order valence-electron chi connectivity index (χ1n) is 7.59.